The van der Waals surface area contributed by atoms with E-state index in [0.29, 0.717) is 13.1 Å². The molecule has 2 fully saturated rings. The molecule has 1 amide bonds. The first-order chi connectivity index (χ1) is 15.8. The normalized spacial score (nSPS) is 21.2. The van der Waals surface area contributed by atoms with Crippen LogP contribution in [0.15, 0.2) is 55.0 Å². The maximum absolute atomic E-state index is 13.2. The lowest BCUT2D eigenvalue weighted by Gasteiger charge is -2.20. The fourth-order valence-corrected chi connectivity index (χ4v) is 4.76. The molecule has 32 heavy (non-hydrogen) atoms. The van der Waals surface area contributed by atoms with Gasteiger partial charge in [-0.05, 0) is 24.5 Å². The first-order valence-corrected chi connectivity index (χ1v) is 11.4. The average molecular weight is 432 g/mol. The highest BCUT2D eigenvalue weighted by molar-refractivity contribution is 5.80. The van der Waals surface area contributed by atoms with E-state index >= 15 is 0 Å². The van der Waals surface area contributed by atoms with E-state index in [1.54, 1.807) is 12.4 Å². The third kappa shape index (κ3) is 4.65. The number of nitrogens with zero attached hydrogens (tertiary/aromatic N) is 5. The summed E-state index contributed by atoms with van der Waals surface area (Å²) in [6, 6.07) is 12.4. The largest absolute Gasteiger partial charge is 0.349 e. The van der Waals surface area contributed by atoms with E-state index in [9.17, 15) is 4.79 Å². The summed E-state index contributed by atoms with van der Waals surface area (Å²) in [6.45, 7) is 4.72. The molecule has 2 N–H and O–H groups in total. The van der Waals surface area contributed by atoms with E-state index in [1.165, 1.54) is 18.4 Å². The van der Waals surface area contributed by atoms with Crippen LogP contribution in [0.25, 0.3) is 0 Å². The lowest BCUT2D eigenvalue weighted by molar-refractivity contribution is -0.125. The molecule has 0 aliphatic carbocycles. The summed E-state index contributed by atoms with van der Waals surface area (Å²) in [6.07, 6.45) is 7.66. The number of imidazole rings is 1. The second kappa shape index (κ2) is 9.48. The third-order valence-electron chi connectivity index (χ3n) is 6.40. The van der Waals surface area contributed by atoms with Crippen molar-refractivity contribution >= 4 is 11.9 Å². The Morgan fingerprint density at radius 1 is 1.06 bits per heavy atom. The second-order valence-corrected chi connectivity index (χ2v) is 8.62. The first kappa shape index (κ1) is 20.6. The van der Waals surface area contributed by atoms with Crippen LogP contribution in [0.3, 0.4) is 0 Å². The molecule has 5 rings (SSSR count). The average Bonchev–Trinajstić information content (AvgIpc) is 3.60. The molecule has 0 bridgehead atoms. The van der Waals surface area contributed by atoms with Crippen molar-refractivity contribution in [1.82, 2.24) is 30.2 Å². The van der Waals surface area contributed by atoms with Gasteiger partial charge in [-0.1, -0.05) is 30.3 Å². The number of benzene rings is 1. The van der Waals surface area contributed by atoms with E-state index in [0.717, 1.165) is 43.6 Å². The molecule has 166 valence electrons. The number of aromatic amines is 1. The Bertz CT molecular complexity index is 1020. The van der Waals surface area contributed by atoms with Crippen LogP contribution in [0.2, 0.25) is 0 Å². The topological polar surface area (TPSA) is 90.0 Å². The Kier molecular flexibility index (Phi) is 6.11. The van der Waals surface area contributed by atoms with E-state index in [1.807, 2.05) is 18.3 Å². The second-order valence-electron chi connectivity index (χ2n) is 8.62. The molecule has 2 aromatic heterocycles. The molecule has 2 atom stereocenters. The molecular weight excluding hydrogens is 402 g/mol. The van der Waals surface area contributed by atoms with Crippen LogP contribution >= 0.6 is 0 Å². The molecule has 2 aliphatic heterocycles. The Balaban J connectivity index is 1.35. The van der Waals surface area contributed by atoms with Gasteiger partial charge in [0.05, 0.1) is 18.2 Å². The summed E-state index contributed by atoms with van der Waals surface area (Å²) in [5.41, 5.74) is 2.21. The quantitative estimate of drug-likeness (QED) is 0.597. The molecule has 0 radical (unpaired) electrons. The third-order valence-corrected chi connectivity index (χ3v) is 6.40. The lowest BCUT2D eigenvalue weighted by atomic mass is 9.92. The van der Waals surface area contributed by atoms with Gasteiger partial charge in [0, 0.05) is 57.2 Å². The van der Waals surface area contributed by atoms with Crippen LogP contribution in [-0.4, -0.2) is 56.9 Å². The maximum atomic E-state index is 13.2. The van der Waals surface area contributed by atoms with Crippen molar-refractivity contribution in [1.29, 1.82) is 0 Å². The van der Waals surface area contributed by atoms with E-state index in [2.05, 4.69) is 54.3 Å². The summed E-state index contributed by atoms with van der Waals surface area (Å²) in [5.74, 6) is 1.45. The van der Waals surface area contributed by atoms with Gasteiger partial charge >= 0.3 is 0 Å². The van der Waals surface area contributed by atoms with Gasteiger partial charge in [0.2, 0.25) is 11.9 Å². The van der Waals surface area contributed by atoms with Crippen molar-refractivity contribution < 1.29 is 4.79 Å². The van der Waals surface area contributed by atoms with Gasteiger partial charge < -0.3 is 15.2 Å². The van der Waals surface area contributed by atoms with Crippen LogP contribution in [-0.2, 0) is 17.9 Å². The summed E-state index contributed by atoms with van der Waals surface area (Å²) in [5, 5.41) is 3.07. The van der Waals surface area contributed by atoms with Gasteiger partial charge in [0.15, 0.2) is 0 Å². The number of carbonyl (C=O) groups excluding carboxylic acids is 1. The fourth-order valence-electron chi connectivity index (χ4n) is 4.76. The monoisotopic (exact) mass is 431 g/mol. The summed E-state index contributed by atoms with van der Waals surface area (Å²) in [4.78, 5) is 34.5. The number of carbonyl (C=O) groups is 1. The molecule has 0 unspecified atom stereocenters. The number of hydrogen-bond donors (Lipinski definition) is 2. The molecule has 2 saturated heterocycles. The number of rotatable bonds is 7. The van der Waals surface area contributed by atoms with Crippen molar-refractivity contribution in [3.05, 3.63) is 72.1 Å². The van der Waals surface area contributed by atoms with Gasteiger partial charge in [0.25, 0.3) is 0 Å². The smallest absolute Gasteiger partial charge is 0.225 e. The minimum atomic E-state index is -0.171. The fraction of sp³-hybridized carbons (Fsp3) is 0.417. The molecule has 0 spiro atoms. The van der Waals surface area contributed by atoms with Crippen LogP contribution in [0, 0.1) is 5.92 Å². The molecule has 2 aliphatic rings. The maximum Gasteiger partial charge on any atom is 0.225 e. The minimum Gasteiger partial charge on any atom is -0.349 e. The summed E-state index contributed by atoms with van der Waals surface area (Å²) >= 11 is 0. The molecule has 8 heteroatoms. The van der Waals surface area contributed by atoms with Gasteiger partial charge in [-0.15, -0.1) is 0 Å². The lowest BCUT2D eigenvalue weighted by Crippen LogP contribution is -2.35. The predicted octanol–water partition coefficient (Wildman–Crippen LogP) is 2.33. The Labute approximate surface area is 188 Å². The van der Waals surface area contributed by atoms with Crippen LogP contribution in [0.1, 0.15) is 35.8 Å². The minimum absolute atomic E-state index is 0.0275. The number of likely N-dealkylation sites (tertiary alicyclic amines) is 1. The van der Waals surface area contributed by atoms with Crippen LogP contribution < -0.4 is 10.2 Å². The number of amides is 1. The standard InChI is InChI=1S/C24H29N7O/c32-23(28-14-22-25-10-11-26-22)20-17-30(15-18-6-2-1-3-7-18)16-19(20)21-8-9-27-24(29-21)31-12-4-5-13-31/h1-3,6-11,19-20H,4-5,12-17H2,(H,25,26)(H,28,32)/t19-,20-/m0/s1. The highest BCUT2D eigenvalue weighted by Gasteiger charge is 2.39. The van der Waals surface area contributed by atoms with E-state index < -0.39 is 0 Å². The number of hydrogen-bond acceptors (Lipinski definition) is 6. The van der Waals surface area contributed by atoms with Gasteiger partial charge in [-0.25, -0.2) is 15.0 Å². The van der Waals surface area contributed by atoms with Crippen molar-refractivity contribution in [2.45, 2.75) is 31.8 Å². The van der Waals surface area contributed by atoms with E-state index in [-0.39, 0.29) is 17.7 Å². The number of nitrogens with one attached hydrogen (secondary N) is 2. The van der Waals surface area contributed by atoms with Gasteiger partial charge in [-0.2, -0.15) is 0 Å². The van der Waals surface area contributed by atoms with E-state index in [4.69, 9.17) is 4.98 Å². The van der Waals surface area contributed by atoms with Crippen LogP contribution in [0.4, 0.5) is 5.95 Å². The molecular formula is C24H29N7O. The SMILES string of the molecule is O=C(NCc1ncc[nH]1)[C@H]1CN(Cc2ccccc2)C[C@@H]1c1ccnc(N2CCCC2)n1. The van der Waals surface area contributed by atoms with Crippen molar-refractivity contribution in [2.75, 3.05) is 31.1 Å². The van der Waals surface area contributed by atoms with Gasteiger partial charge in [-0.3, -0.25) is 9.69 Å². The zero-order valence-electron chi connectivity index (χ0n) is 18.2. The zero-order chi connectivity index (χ0) is 21.8. The molecule has 1 aromatic carbocycles. The Hall–Kier alpha value is -3.26. The van der Waals surface area contributed by atoms with Crippen molar-refractivity contribution in [3.8, 4) is 0 Å². The highest BCUT2D eigenvalue weighted by Crippen LogP contribution is 2.33. The molecule has 8 nitrogen and oxygen atoms in total. The highest BCUT2D eigenvalue weighted by atomic mass is 16.2. The zero-order valence-corrected chi connectivity index (χ0v) is 18.2. The molecule has 3 aromatic rings. The summed E-state index contributed by atoms with van der Waals surface area (Å²) in [7, 11) is 0. The number of H-pyrrole nitrogens is 1. The molecule has 0 saturated carbocycles. The van der Waals surface area contributed by atoms with Crippen LogP contribution in [0.5, 0.6) is 0 Å². The first-order valence-electron chi connectivity index (χ1n) is 11.4. The number of anilines is 1. The number of aromatic nitrogens is 4. The Morgan fingerprint density at radius 2 is 1.91 bits per heavy atom. The van der Waals surface area contributed by atoms with Gasteiger partial charge in [0.1, 0.15) is 5.82 Å². The predicted molar refractivity (Wildman–Crippen MR) is 122 cm³/mol. The Morgan fingerprint density at radius 3 is 2.69 bits per heavy atom. The summed E-state index contributed by atoms with van der Waals surface area (Å²) < 4.78 is 0. The van der Waals surface area contributed by atoms with Crippen molar-refractivity contribution in [2.24, 2.45) is 5.92 Å². The van der Waals surface area contributed by atoms with Crippen molar-refractivity contribution in [3.63, 3.8) is 0 Å². The molecule has 4 heterocycles.